The average molecular weight is 534 g/mol. The number of anilines is 1. The highest BCUT2D eigenvalue weighted by molar-refractivity contribution is 9.10. The van der Waals surface area contributed by atoms with E-state index in [1.54, 1.807) is 55.7 Å². The summed E-state index contributed by atoms with van der Waals surface area (Å²) in [5.41, 5.74) is 0.986. The van der Waals surface area contributed by atoms with Gasteiger partial charge in [0.1, 0.15) is 28.7 Å². The Morgan fingerprint density at radius 3 is 2.69 bits per heavy atom. The Morgan fingerprint density at radius 2 is 1.91 bits per heavy atom. The molecule has 10 heteroatoms. The predicted molar refractivity (Wildman–Crippen MR) is 133 cm³/mol. The van der Waals surface area contributed by atoms with Crippen LogP contribution in [-0.2, 0) is 0 Å². The molecule has 0 saturated heterocycles. The number of carbonyl (C=O) groups is 1. The number of benzene rings is 2. The first-order valence-electron chi connectivity index (χ1n) is 10.5. The van der Waals surface area contributed by atoms with Gasteiger partial charge in [0, 0.05) is 28.6 Å². The third-order valence-electron chi connectivity index (χ3n) is 5.24. The Bertz CT molecular complexity index is 1630. The number of pyridine rings is 1. The summed E-state index contributed by atoms with van der Waals surface area (Å²) in [5.74, 6) is 0.0389. The lowest BCUT2D eigenvalue weighted by Gasteiger charge is -2.12. The van der Waals surface area contributed by atoms with Gasteiger partial charge in [0.05, 0.1) is 5.39 Å². The first-order chi connectivity index (χ1) is 16.9. The van der Waals surface area contributed by atoms with E-state index in [0.29, 0.717) is 27.2 Å². The zero-order valence-corrected chi connectivity index (χ0v) is 19.8. The maximum atomic E-state index is 14.4. The van der Waals surface area contributed by atoms with E-state index in [-0.39, 0.29) is 11.4 Å². The van der Waals surface area contributed by atoms with E-state index < -0.39 is 17.3 Å². The molecule has 0 atom stereocenters. The van der Waals surface area contributed by atoms with Crippen molar-refractivity contribution in [2.45, 2.75) is 6.92 Å². The molecular weight excluding hydrogens is 517 g/mol. The molecule has 0 radical (unpaired) electrons. The highest BCUT2D eigenvalue weighted by atomic mass is 79.9. The number of fused-ring (bicyclic) bond motifs is 1. The van der Waals surface area contributed by atoms with Crippen molar-refractivity contribution in [3.63, 3.8) is 0 Å². The van der Waals surface area contributed by atoms with Crippen molar-refractivity contribution in [1.82, 2.24) is 19.7 Å². The van der Waals surface area contributed by atoms with Gasteiger partial charge in [-0.1, -0.05) is 15.9 Å². The second-order valence-electron chi connectivity index (χ2n) is 7.65. The van der Waals surface area contributed by atoms with Crippen LogP contribution in [0.2, 0.25) is 0 Å². The molecule has 0 bridgehead atoms. The van der Waals surface area contributed by atoms with Crippen LogP contribution in [0.4, 0.5) is 10.1 Å². The molecule has 0 aliphatic rings. The number of nitrogens with zero attached hydrogens (tertiary/aromatic N) is 3. The van der Waals surface area contributed by atoms with E-state index in [4.69, 9.17) is 4.74 Å². The molecule has 0 unspecified atom stereocenters. The molecule has 2 aromatic carbocycles. The van der Waals surface area contributed by atoms with Crippen molar-refractivity contribution in [2.75, 3.05) is 5.32 Å². The molecular formula is C25H17BrFN5O3. The number of aryl methyl sites for hydroxylation is 1. The summed E-state index contributed by atoms with van der Waals surface area (Å²) < 4.78 is 21.8. The van der Waals surface area contributed by atoms with Crippen molar-refractivity contribution in [3.05, 3.63) is 105 Å². The van der Waals surface area contributed by atoms with Crippen molar-refractivity contribution in [3.8, 4) is 17.2 Å². The number of nitrogens with one attached hydrogen (secondary N) is 2. The molecule has 0 aliphatic heterocycles. The smallest absolute Gasteiger partial charge is 0.276 e. The molecule has 2 N–H and O–H groups in total. The molecule has 5 aromatic rings. The van der Waals surface area contributed by atoms with Crippen LogP contribution >= 0.6 is 15.9 Å². The van der Waals surface area contributed by atoms with Gasteiger partial charge in [-0.25, -0.2) is 9.37 Å². The minimum absolute atomic E-state index is 0.00104. The van der Waals surface area contributed by atoms with Crippen LogP contribution in [-0.4, -0.2) is 25.7 Å². The van der Waals surface area contributed by atoms with Crippen molar-refractivity contribution < 1.29 is 13.9 Å². The minimum Gasteiger partial charge on any atom is -0.457 e. The predicted octanol–water partition coefficient (Wildman–Crippen LogP) is 5.36. The summed E-state index contributed by atoms with van der Waals surface area (Å²) in [6.07, 6.45) is 3.44. The standard InChI is InChI=1S/C25H17BrFN5O3/c1-14-12-22(33)32(20-7-2-15(26)13-19(20)27)31-23(14)25(34)30-16-3-5-17(6-4-16)35-21-9-11-29-24-18(21)8-10-28-24/h2-13H,1H3,(H,28,29)(H,30,34). The van der Waals surface area contributed by atoms with Gasteiger partial charge in [-0.3, -0.25) is 9.59 Å². The number of carbonyl (C=O) groups excluding carboxylic acids is 1. The van der Waals surface area contributed by atoms with Crippen LogP contribution < -0.4 is 15.6 Å². The van der Waals surface area contributed by atoms with Gasteiger partial charge in [0.2, 0.25) is 0 Å². The quantitative estimate of drug-likeness (QED) is 0.316. The number of ether oxygens (including phenoxy) is 1. The van der Waals surface area contributed by atoms with Gasteiger partial charge in [-0.05, 0) is 67.1 Å². The summed E-state index contributed by atoms with van der Waals surface area (Å²) in [4.78, 5) is 32.6. The van der Waals surface area contributed by atoms with Crippen LogP contribution in [0.25, 0.3) is 16.7 Å². The van der Waals surface area contributed by atoms with Gasteiger partial charge in [-0.15, -0.1) is 0 Å². The molecule has 3 heterocycles. The number of halogens is 2. The van der Waals surface area contributed by atoms with Gasteiger partial charge in [0.15, 0.2) is 5.69 Å². The van der Waals surface area contributed by atoms with Crippen LogP contribution in [0, 0.1) is 12.7 Å². The monoisotopic (exact) mass is 533 g/mol. The molecule has 3 aromatic heterocycles. The van der Waals surface area contributed by atoms with Crippen LogP contribution in [0.3, 0.4) is 0 Å². The third kappa shape index (κ3) is 4.56. The Hall–Kier alpha value is -4.31. The second kappa shape index (κ2) is 9.15. The van der Waals surface area contributed by atoms with E-state index in [2.05, 4.69) is 36.3 Å². The Kier molecular flexibility index (Phi) is 5.87. The molecule has 1 amide bonds. The maximum absolute atomic E-state index is 14.4. The lowest BCUT2D eigenvalue weighted by Crippen LogP contribution is -2.27. The molecule has 0 fully saturated rings. The number of aromatic amines is 1. The molecule has 35 heavy (non-hydrogen) atoms. The van der Waals surface area contributed by atoms with E-state index in [1.807, 2.05) is 6.07 Å². The molecule has 8 nitrogen and oxygen atoms in total. The second-order valence-corrected chi connectivity index (χ2v) is 8.57. The summed E-state index contributed by atoms with van der Waals surface area (Å²) in [6, 6.07) is 15.9. The largest absolute Gasteiger partial charge is 0.457 e. The van der Waals surface area contributed by atoms with E-state index in [1.165, 1.54) is 18.2 Å². The summed E-state index contributed by atoms with van der Waals surface area (Å²) in [5, 5.41) is 7.73. The Labute approximate surface area is 206 Å². The Balaban J connectivity index is 1.37. The van der Waals surface area contributed by atoms with E-state index in [0.717, 1.165) is 15.7 Å². The number of aromatic nitrogens is 4. The van der Waals surface area contributed by atoms with Gasteiger partial charge in [0.25, 0.3) is 11.5 Å². The van der Waals surface area contributed by atoms with Crippen molar-refractivity contribution >= 4 is 38.6 Å². The summed E-state index contributed by atoms with van der Waals surface area (Å²) in [6.45, 7) is 1.60. The fraction of sp³-hybridized carbons (Fsp3) is 0.0400. The highest BCUT2D eigenvalue weighted by Gasteiger charge is 2.17. The van der Waals surface area contributed by atoms with Crippen LogP contribution in [0.5, 0.6) is 11.5 Å². The van der Waals surface area contributed by atoms with Crippen LogP contribution in [0.15, 0.2) is 82.3 Å². The van der Waals surface area contributed by atoms with Crippen molar-refractivity contribution in [2.24, 2.45) is 0 Å². The Morgan fingerprint density at radius 1 is 1.11 bits per heavy atom. The number of rotatable bonds is 5. The van der Waals surface area contributed by atoms with Crippen LogP contribution in [0.1, 0.15) is 16.1 Å². The molecule has 0 saturated carbocycles. The zero-order valence-electron chi connectivity index (χ0n) is 18.3. The fourth-order valence-corrected chi connectivity index (χ4v) is 3.87. The highest BCUT2D eigenvalue weighted by Crippen LogP contribution is 2.29. The number of hydrogen-bond donors (Lipinski definition) is 2. The normalized spacial score (nSPS) is 10.9. The maximum Gasteiger partial charge on any atom is 0.276 e. The van der Waals surface area contributed by atoms with Crippen molar-refractivity contribution in [1.29, 1.82) is 0 Å². The topological polar surface area (TPSA) is 102 Å². The zero-order chi connectivity index (χ0) is 24.5. The average Bonchev–Trinajstić information content (AvgIpc) is 3.31. The lowest BCUT2D eigenvalue weighted by atomic mass is 10.2. The first kappa shape index (κ1) is 22.5. The molecule has 174 valence electrons. The van der Waals surface area contributed by atoms with E-state index in [9.17, 15) is 14.0 Å². The summed E-state index contributed by atoms with van der Waals surface area (Å²) in [7, 11) is 0. The number of amides is 1. The lowest BCUT2D eigenvalue weighted by molar-refractivity contribution is 0.102. The third-order valence-corrected chi connectivity index (χ3v) is 5.73. The van der Waals surface area contributed by atoms with Gasteiger partial charge >= 0.3 is 0 Å². The SMILES string of the molecule is Cc1cc(=O)n(-c2ccc(Br)cc2F)nc1C(=O)Nc1ccc(Oc2ccnc3[nH]ccc23)cc1. The number of hydrogen-bond acceptors (Lipinski definition) is 5. The number of H-pyrrole nitrogens is 1. The summed E-state index contributed by atoms with van der Waals surface area (Å²) >= 11 is 3.18. The van der Waals surface area contributed by atoms with Gasteiger partial charge < -0.3 is 15.0 Å². The molecule has 5 rings (SSSR count). The first-order valence-corrected chi connectivity index (χ1v) is 11.3. The van der Waals surface area contributed by atoms with E-state index >= 15 is 0 Å². The molecule has 0 spiro atoms. The molecule has 0 aliphatic carbocycles. The van der Waals surface area contributed by atoms with Gasteiger partial charge in [-0.2, -0.15) is 9.78 Å². The minimum atomic E-state index is -0.647. The fourth-order valence-electron chi connectivity index (χ4n) is 3.54.